The van der Waals surface area contributed by atoms with Crippen LogP contribution in [0.25, 0.3) is 11.0 Å². The Balaban J connectivity index is 1.44. The maximum absolute atomic E-state index is 13.9. The van der Waals surface area contributed by atoms with Gasteiger partial charge in [0.25, 0.3) is 5.91 Å². The summed E-state index contributed by atoms with van der Waals surface area (Å²) in [5.41, 5.74) is 1.93. The zero-order chi connectivity index (χ0) is 22.0. The van der Waals surface area contributed by atoms with Crippen LogP contribution in [0.2, 0.25) is 0 Å². The Morgan fingerprint density at radius 2 is 1.87 bits per heavy atom. The van der Waals surface area contributed by atoms with Gasteiger partial charge in [0.2, 0.25) is 6.41 Å². The second kappa shape index (κ2) is 8.37. The van der Waals surface area contributed by atoms with Gasteiger partial charge < -0.3 is 19.7 Å². The van der Waals surface area contributed by atoms with Crippen LogP contribution in [0, 0.1) is 0 Å². The predicted molar refractivity (Wildman–Crippen MR) is 119 cm³/mol. The number of anilines is 2. The molecule has 1 fully saturated rings. The Hall–Kier alpha value is -3.42. The lowest BCUT2D eigenvalue weighted by atomic mass is 10.1. The first-order valence-corrected chi connectivity index (χ1v) is 10.3. The van der Waals surface area contributed by atoms with Gasteiger partial charge in [0, 0.05) is 50.0 Å². The van der Waals surface area contributed by atoms with Crippen LogP contribution in [0.1, 0.15) is 19.4 Å². The molecule has 0 spiro atoms. The lowest BCUT2D eigenvalue weighted by molar-refractivity contribution is -0.142. The molecule has 7 nitrogen and oxygen atoms in total. The molecule has 0 unspecified atom stereocenters. The molecule has 3 aromatic rings. The van der Waals surface area contributed by atoms with E-state index in [0.717, 1.165) is 28.0 Å². The zero-order valence-corrected chi connectivity index (χ0v) is 17.7. The third-order valence-electron chi connectivity index (χ3n) is 5.56. The number of hydrogen-bond acceptors (Lipinski definition) is 4. The van der Waals surface area contributed by atoms with Gasteiger partial charge in [-0.1, -0.05) is 12.1 Å². The Morgan fingerprint density at radius 1 is 1.16 bits per heavy atom. The minimum Gasteiger partial charge on any atom is -0.367 e. The average molecular weight is 423 g/mol. The van der Waals surface area contributed by atoms with E-state index < -0.39 is 11.6 Å². The zero-order valence-electron chi connectivity index (χ0n) is 17.7. The molecule has 1 aromatic carbocycles. The van der Waals surface area contributed by atoms with Gasteiger partial charge in [-0.2, -0.15) is 0 Å². The third-order valence-corrected chi connectivity index (χ3v) is 5.56. The summed E-state index contributed by atoms with van der Waals surface area (Å²) in [5.74, 6) is -0.451. The van der Waals surface area contributed by atoms with E-state index in [-0.39, 0.29) is 0 Å². The van der Waals surface area contributed by atoms with Gasteiger partial charge in [0.05, 0.1) is 11.9 Å². The van der Waals surface area contributed by atoms with Crippen LogP contribution >= 0.6 is 0 Å². The molecule has 1 N–H and O–H groups in total. The van der Waals surface area contributed by atoms with Crippen molar-refractivity contribution in [3.63, 3.8) is 0 Å². The summed E-state index contributed by atoms with van der Waals surface area (Å²) in [5, 5.41) is 3.67. The van der Waals surface area contributed by atoms with Gasteiger partial charge >= 0.3 is 0 Å². The molecule has 0 atom stereocenters. The minimum atomic E-state index is -1.84. The van der Waals surface area contributed by atoms with E-state index in [1.165, 1.54) is 13.8 Å². The van der Waals surface area contributed by atoms with Crippen molar-refractivity contribution >= 4 is 34.7 Å². The summed E-state index contributed by atoms with van der Waals surface area (Å²) in [7, 11) is 0. The number of nitrogens with one attached hydrogen (secondary N) is 1. The van der Waals surface area contributed by atoms with Crippen molar-refractivity contribution in [2.24, 2.45) is 0 Å². The first kappa shape index (κ1) is 20.8. The molecule has 0 radical (unpaired) electrons. The van der Waals surface area contributed by atoms with Crippen molar-refractivity contribution in [1.82, 2.24) is 14.5 Å². The van der Waals surface area contributed by atoms with Crippen LogP contribution in [0.3, 0.4) is 0 Å². The largest absolute Gasteiger partial charge is 0.367 e. The number of halogens is 1. The van der Waals surface area contributed by atoms with Crippen LogP contribution in [-0.2, 0) is 16.1 Å². The molecule has 2 amide bonds. The fourth-order valence-corrected chi connectivity index (χ4v) is 3.88. The van der Waals surface area contributed by atoms with E-state index in [1.54, 1.807) is 4.90 Å². The van der Waals surface area contributed by atoms with Crippen LogP contribution in [0.4, 0.5) is 15.8 Å². The maximum Gasteiger partial charge on any atom is 0.259 e. The van der Waals surface area contributed by atoms with Crippen molar-refractivity contribution in [2.75, 3.05) is 36.4 Å². The normalized spacial score (nSPS) is 14.7. The second-order valence-electron chi connectivity index (χ2n) is 8.26. The summed E-state index contributed by atoms with van der Waals surface area (Å²) in [4.78, 5) is 31.1. The Morgan fingerprint density at radius 3 is 2.52 bits per heavy atom. The molecule has 1 aliphatic heterocycles. The Kier molecular flexibility index (Phi) is 5.63. The molecule has 1 saturated heterocycles. The molecule has 1 aliphatic rings. The van der Waals surface area contributed by atoms with Crippen LogP contribution in [0.15, 0.2) is 48.8 Å². The van der Waals surface area contributed by atoms with Crippen LogP contribution in [0.5, 0.6) is 0 Å². The van der Waals surface area contributed by atoms with Crippen molar-refractivity contribution in [1.29, 1.82) is 0 Å². The van der Waals surface area contributed by atoms with Gasteiger partial charge in [-0.3, -0.25) is 9.59 Å². The number of piperazine rings is 1. The van der Waals surface area contributed by atoms with Crippen molar-refractivity contribution in [3.8, 4) is 0 Å². The lowest BCUT2D eigenvalue weighted by Gasteiger charge is -2.37. The van der Waals surface area contributed by atoms with Crippen LogP contribution in [-0.4, -0.2) is 58.6 Å². The van der Waals surface area contributed by atoms with E-state index in [0.29, 0.717) is 39.1 Å². The van der Waals surface area contributed by atoms with E-state index >= 15 is 0 Å². The summed E-state index contributed by atoms with van der Waals surface area (Å²) in [6, 6.07) is 11.8. The fraction of sp³-hybridized carbons (Fsp3) is 0.348. The van der Waals surface area contributed by atoms with Crippen molar-refractivity contribution < 1.29 is 14.0 Å². The molecule has 8 heteroatoms. The molecule has 3 heterocycles. The number of carbonyl (C=O) groups excluding carboxylic acids is 2. The molecule has 0 saturated carbocycles. The molecule has 2 aromatic heterocycles. The van der Waals surface area contributed by atoms with Crippen molar-refractivity contribution in [2.45, 2.75) is 26.1 Å². The summed E-state index contributed by atoms with van der Waals surface area (Å²) in [6.45, 7) is 5.59. The van der Waals surface area contributed by atoms with Gasteiger partial charge in [-0.05, 0) is 43.7 Å². The molecule has 0 bridgehead atoms. The number of hydrogen-bond donors (Lipinski definition) is 1. The first-order chi connectivity index (χ1) is 14.8. The highest BCUT2D eigenvalue weighted by molar-refractivity contribution is 5.84. The molecule has 4 rings (SSSR count). The highest BCUT2D eigenvalue weighted by atomic mass is 19.1. The van der Waals surface area contributed by atoms with Crippen molar-refractivity contribution in [3.05, 3.63) is 54.4 Å². The number of aromatic nitrogens is 2. The standard InChI is InChI=1S/C23H26FN5O2/c1-23(2,24)22(31)28-11-9-27(10-12-28)20-13-18-7-8-29(21(18)25-14-20)15-17-3-5-19(6-4-17)26-16-30/h3-8,13-14,16H,9-12,15H2,1-2H3,(H,26,30). The number of carbonyl (C=O) groups is 2. The number of nitrogens with zero attached hydrogens (tertiary/aromatic N) is 4. The third kappa shape index (κ3) is 4.52. The lowest BCUT2D eigenvalue weighted by Crippen LogP contribution is -2.53. The number of rotatable bonds is 6. The number of pyridine rings is 1. The van der Waals surface area contributed by atoms with Gasteiger partial charge in [-0.15, -0.1) is 0 Å². The molecule has 162 valence electrons. The quantitative estimate of drug-likeness (QED) is 0.619. The summed E-state index contributed by atoms with van der Waals surface area (Å²) < 4.78 is 16.0. The SMILES string of the molecule is CC(C)(F)C(=O)N1CCN(c2cnc3c(ccn3Cc3ccc(NC=O)cc3)c2)CC1. The number of alkyl halides is 1. The van der Waals surface area contributed by atoms with E-state index in [4.69, 9.17) is 0 Å². The van der Waals surface area contributed by atoms with Gasteiger partial charge in [-0.25, -0.2) is 9.37 Å². The fourth-order valence-electron chi connectivity index (χ4n) is 3.88. The monoisotopic (exact) mass is 423 g/mol. The number of benzene rings is 1. The summed E-state index contributed by atoms with van der Waals surface area (Å²) >= 11 is 0. The Labute approximate surface area is 180 Å². The van der Waals surface area contributed by atoms with E-state index in [9.17, 15) is 14.0 Å². The number of amides is 2. The first-order valence-electron chi connectivity index (χ1n) is 10.3. The summed E-state index contributed by atoms with van der Waals surface area (Å²) in [6.07, 6.45) is 4.53. The minimum absolute atomic E-state index is 0.451. The maximum atomic E-state index is 13.9. The molecule has 0 aliphatic carbocycles. The van der Waals surface area contributed by atoms with E-state index in [2.05, 4.69) is 25.8 Å². The molecular weight excluding hydrogens is 397 g/mol. The molecular formula is C23H26FN5O2. The van der Waals surface area contributed by atoms with Gasteiger partial charge in [0.1, 0.15) is 5.65 Å². The molecule has 31 heavy (non-hydrogen) atoms. The average Bonchev–Trinajstić information content (AvgIpc) is 3.16. The highest BCUT2D eigenvalue weighted by Crippen LogP contribution is 2.24. The smallest absolute Gasteiger partial charge is 0.259 e. The van der Waals surface area contributed by atoms with E-state index in [1.807, 2.05) is 42.7 Å². The highest BCUT2D eigenvalue weighted by Gasteiger charge is 2.33. The Bertz CT molecular complexity index is 1080. The van der Waals surface area contributed by atoms with Crippen LogP contribution < -0.4 is 10.2 Å². The number of fused-ring (bicyclic) bond motifs is 1. The topological polar surface area (TPSA) is 70.5 Å². The van der Waals surface area contributed by atoms with Gasteiger partial charge in [0.15, 0.2) is 5.67 Å². The predicted octanol–water partition coefficient (Wildman–Crippen LogP) is 3.05. The second-order valence-corrected chi connectivity index (χ2v) is 8.26.